The first-order valence-electron chi connectivity index (χ1n) is 13.5. The molecule has 0 bridgehead atoms. The average Bonchev–Trinajstić information content (AvgIpc) is 3.12. The Morgan fingerprint density at radius 1 is 1.08 bits per heavy atom. The molecule has 8 nitrogen and oxygen atoms in total. The van der Waals surface area contributed by atoms with Gasteiger partial charge in [0.2, 0.25) is 5.91 Å². The second-order valence-corrected chi connectivity index (χ2v) is 14.2. The predicted molar refractivity (Wildman–Crippen MR) is 130 cm³/mol. The standard InChI is InChI=1S/C26H45NO7S.Na/c1-15(4-7-23(31)27-10-11-35(32,33)34)18-5-6-19-24-20(14-22(30)26(18,19)3)25(2)9-8-17(28)12-16(25)13-21(24)29;/h15-22,24,28-30H,4-14H2,1-3H3,(H,27,31)(H,32,33,34);/q;+1/p-1/t15?,16?,17-,18+,19?,20?,21-,22?,24?,25-,26+;/m0./s1. The molecule has 6 unspecified atom stereocenters. The van der Waals surface area contributed by atoms with Gasteiger partial charge in [0.15, 0.2) is 0 Å². The Morgan fingerprint density at radius 3 is 2.44 bits per heavy atom. The molecule has 0 aromatic rings. The van der Waals surface area contributed by atoms with Crippen LogP contribution in [0.3, 0.4) is 0 Å². The van der Waals surface area contributed by atoms with Crippen LogP contribution in [0, 0.1) is 46.3 Å². The summed E-state index contributed by atoms with van der Waals surface area (Å²) in [6.07, 6.45) is 5.58. The number of hydrogen-bond acceptors (Lipinski definition) is 7. The van der Waals surface area contributed by atoms with Gasteiger partial charge in [0.05, 0.1) is 34.2 Å². The Kier molecular flexibility index (Phi) is 9.75. The van der Waals surface area contributed by atoms with Gasteiger partial charge in [0.1, 0.15) is 0 Å². The summed E-state index contributed by atoms with van der Waals surface area (Å²) < 4.78 is 32.2. The van der Waals surface area contributed by atoms with Crippen LogP contribution in [0.15, 0.2) is 0 Å². The molecule has 4 rings (SSSR count). The average molecular weight is 538 g/mol. The second kappa shape index (κ2) is 11.4. The van der Waals surface area contributed by atoms with Crippen LogP contribution in [0.2, 0.25) is 0 Å². The fourth-order valence-electron chi connectivity index (χ4n) is 9.10. The molecule has 1 amide bonds. The Morgan fingerprint density at radius 2 is 1.78 bits per heavy atom. The molecule has 0 saturated heterocycles. The second-order valence-electron chi connectivity index (χ2n) is 12.7. The maximum absolute atomic E-state index is 12.2. The molecule has 0 radical (unpaired) electrons. The number of amides is 1. The van der Waals surface area contributed by atoms with Crippen LogP contribution >= 0.6 is 0 Å². The summed E-state index contributed by atoms with van der Waals surface area (Å²) in [5, 5.41) is 35.7. The van der Waals surface area contributed by atoms with Gasteiger partial charge in [-0.05, 0) is 97.7 Å². The number of carbonyl (C=O) groups excluding carboxylic acids is 1. The quantitative estimate of drug-likeness (QED) is 0.241. The third-order valence-electron chi connectivity index (χ3n) is 11.0. The maximum atomic E-state index is 12.2. The van der Waals surface area contributed by atoms with E-state index >= 15 is 0 Å². The van der Waals surface area contributed by atoms with Crippen molar-refractivity contribution in [2.45, 2.75) is 96.9 Å². The molecule has 0 aliphatic heterocycles. The van der Waals surface area contributed by atoms with Crippen LogP contribution in [-0.2, 0) is 14.9 Å². The van der Waals surface area contributed by atoms with Crippen molar-refractivity contribution in [1.82, 2.24) is 5.32 Å². The molecule has 11 atom stereocenters. The van der Waals surface area contributed by atoms with Crippen molar-refractivity contribution in [2.24, 2.45) is 46.3 Å². The van der Waals surface area contributed by atoms with Crippen molar-refractivity contribution >= 4 is 16.0 Å². The normalized spacial score (nSPS) is 45.0. The molecule has 4 aliphatic rings. The summed E-state index contributed by atoms with van der Waals surface area (Å²) in [4.78, 5) is 12.2. The molecule has 10 heteroatoms. The van der Waals surface area contributed by atoms with E-state index in [4.69, 9.17) is 0 Å². The van der Waals surface area contributed by atoms with Gasteiger partial charge in [-0.25, -0.2) is 8.42 Å². The predicted octanol–water partition coefficient (Wildman–Crippen LogP) is -0.970. The Bertz CT molecular complexity index is 903. The van der Waals surface area contributed by atoms with Gasteiger partial charge in [-0.2, -0.15) is 0 Å². The van der Waals surface area contributed by atoms with Crippen LogP contribution < -0.4 is 34.9 Å². The van der Waals surface area contributed by atoms with E-state index in [0.717, 1.165) is 38.5 Å². The third-order valence-corrected chi connectivity index (χ3v) is 11.7. The maximum Gasteiger partial charge on any atom is 1.00 e. The van der Waals surface area contributed by atoms with Gasteiger partial charge in [0, 0.05) is 13.0 Å². The van der Waals surface area contributed by atoms with Crippen LogP contribution in [0.5, 0.6) is 0 Å². The molecular weight excluding hydrogens is 493 g/mol. The SMILES string of the molecule is CC(CCC(=O)NCCS(=O)(=O)[O-])[C@H]1CCC2C3C(CC(O)[C@@]21C)[C@@]1(C)CC[C@H](O)CC1C[C@@H]3O.[Na+]. The number of carbonyl (C=O) groups is 1. The van der Waals surface area contributed by atoms with Crippen molar-refractivity contribution < 1.29 is 62.6 Å². The monoisotopic (exact) mass is 537 g/mol. The van der Waals surface area contributed by atoms with E-state index in [-0.39, 0.29) is 95.0 Å². The minimum absolute atomic E-state index is 0. The number of fused-ring (bicyclic) bond motifs is 5. The fourth-order valence-corrected chi connectivity index (χ4v) is 9.45. The number of aliphatic hydroxyl groups is 3. The molecule has 4 saturated carbocycles. The van der Waals surface area contributed by atoms with Gasteiger partial charge in [-0.3, -0.25) is 4.79 Å². The summed E-state index contributed by atoms with van der Waals surface area (Å²) in [5.74, 6) is 0.522. The van der Waals surface area contributed by atoms with Gasteiger partial charge < -0.3 is 25.2 Å². The summed E-state index contributed by atoms with van der Waals surface area (Å²) in [6, 6.07) is 0. The fraction of sp³-hybridized carbons (Fsp3) is 0.962. The molecule has 0 heterocycles. The zero-order valence-electron chi connectivity index (χ0n) is 22.4. The number of aliphatic hydroxyl groups excluding tert-OH is 3. The zero-order valence-corrected chi connectivity index (χ0v) is 25.2. The van der Waals surface area contributed by atoms with Crippen LogP contribution in [0.4, 0.5) is 0 Å². The van der Waals surface area contributed by atoms with E-state index in [0.29, 0.717) is 18.8 Å². The molecule has 202 valence electrons. The van der Waals surface area contributed by atoms with Crippen LogP contribution in [0.25, 0.3) is 0 Å². The smallest absolute Gasteiger partial charge is 0.748 e. The molecule has 4 N–H and O–H groups in total. The van der Waals surface area contributed by atoms with E-state index in [1.165, 1.54) is 0 Å². The van der Waals surface area contributed by atoms with Gasteiger partial charge in [-0.1, -0.05) is 20.8 Å². The van der Waals surface area contributed by atoms with Crippen molar-refractivity contribution in [3.05, 3.63) is 0 Å². The molecule has 4 fully saturated rings. The molecule has 0 aromatic heterocycles. The first-order valence-corrected chi connectivity index (χ1v) is 15.1. The summed E-state index contributed by atoms with van der Waals surface area (Å²) in [5.41, 5.74) is -0.267. The summed E-state index contributed by atoms with van der Waals surface area (Å²) in [7, 11) is -4.35. The van der Waals surface area contributed by atoms with Crippen molar-refractivity contribution in [2.75, 3.05) is 12.3 Å². The minimum atomic E-state index is -4.35. The van der Waals surface area contributed by atoms with E-state index in [9.17, 15) is 33.1 Å². The Labute approximate surface area is 238 Å². The number of hydrogen-bond donors (Lipinski definition) is 4. The summed E-state index contributed by atoms with van der Waals surface area (Å²) in [6.45, 7) is 6.48. The molecule has 4 aliphatic carbocycles. The molecule has 36 heavy (non-hydrogen) atoms. The van der Waals surface area contributed by atoms with Crippen molar-refractivity contribution in [3.8, 4) is 0 Å². The molecule has 0 spiro atoms. The van der Waals surface area contributed by atoms with Crippen molar-refractivity contribution in [3.63, 3.8) is 0 Å². The van der Waals surface area contributed by atoms with E-state index in [1.807, 2.05) is 0 Å². The largest absolute Gasteiger partial charge is 1.00 e. The minimum Gasteiger partial charge on any atom is -0.748 e. The van der Waals surface area contributed by atoms with Crippen molar-refractivity contribution in [1.29, 1.82) is 0 Å². The molecular formula is C26H44NNaO7S. The Balaban J connectivity index is 0.00000361. The first-order chi connectivity index (χ1) is 16.3. The molecule has 0 aromatic carbocycles. The van der Waals surface area contributed by atoms with Crippen LogP contribution in [-0.4, -0.2) is 64.8 Å². The van der Waals surface area contributed by atoms with E-state index in [1.54, 1.807) is 0 Å². The van der Waals surface area contributed by atoms with E-state index < -0.39 is 28.1 Å². The summed E-state index contributed by atoms with van der Waals surface area (Å²) >= 11 is 0. The number of nitrogens with one attached hydrogen (secondary N) is 1. The van der Waals surface area contributed by atoms with Gasteiger partial charge in [-0.15, -0.1) is 0 Å². The van der Waals surface area contributed by atoms with Gasteiger partial charge >= 0.3 is 29.6 Å². The topological polar surface area (TPSA) is 147 Å². The van der Waals surface area contributed by atoms with E-state index in [2.05, 4.69) is 26.1 Å². The Hall–Kier alpha value is 0.260. The third kappa shape index (κ3) is 5.74. The number of rotatable bonds is 7. The first kappa shape index (κ1) is 30.8. The van der Waals surface area contributed by atoms with Crippen LogP contribution in [0.1, 0.15) is 78.6 Å². The zero-order chi connectivity index (χ0) is 25.8. The van der Waals surface area contributed by atoms with Gasteiger partial charge in [0.25, 0.3) is 0 Å².